The van der Waals surface area contributed by atoms with E-state index < -0.39 is 0 Å². The first kappa shape index (κ1) is 60.6. The second-order valence-corrected chi connectivity index (χ2v) is 35.4. The van der Waals surface area contributed by atoms with E-state index in [0.717, 1.165) is 42.7 Å². The molecule has 10 aromatic rings. The highest BCUT2D eigenvalue weighted by atomic mass is 32.1. The van der Waals surface area contributed by atoms with Gasteiger partial charge in [0.1, 0.15) is 0 Å². The van der Waals surface area contributed by atoms with Crippen LogP contribution in [0.25, 0.3) is 43.5 Å². The predicted octanol–water partition coefficient (Wildman–Crippen LogP) is 23.6. The molecular formula is C87H94BN3S. The molecule has 0 unspecified atom stereocenters. The van der Waals surface area contributed by atoms with Crippen molar-refractivity contribution in [3.05, 3.63) is 226 Å². The summed E-state index contributed by atoms with van der Waals surface area (Å²) in [4.78, 5) is 8.20. The van der Waals surface area contributed by atoms with Crippen molar-refractivity contribution in [2.45, 2.75) is 201 Å². The molecule has 0 spiro atoms. The van der Waals surface area contributed by atoms with Crippen molar-refractivity contribution < 1.29 is 0 Å². The molecule has 15 rings (SSSR count). The van der Waals surface area contributed by atoms with Crippen LogP contribution in [0.1, 0.15) is 207 Å². The first-order valence-corrected chi connectivity index (χ1v) is 35.1. The number of hydrogen-bond acceptors (Lipinski definition) is 4. The Bertz CT molecular complexity index is 4610. The summed E-state index contributed by atoms with van der Waals surface area (Å²) in [5.41, 5.74) is 31.3. The highest BCUT2D eigenvalue weighted by Crippen LogP contribution is 2.62. The highest BCUT2D eigenvalue weighted by Gasteiger charge is 2.53. The summed E-state index contributed by atoms with van der Waals surface area (Å²) in [5.74, 6) is 0. The van der Waals surface area contributed by atoms with Crippen molar-refractivity contribution in [3.8, 4) is 33.4 Å². The van der Waals surface area contributed by atoms with E-state index in [1.807, 2.05) is 11.3 Å². The Morgan fingerprint density at radius 1 is 0.402 bits per heavy atom. The molecular weight excluding hydrogens is 1130 g/mol. The van der Waals surface area contributed by atoms with Gasteiger partial charge in [0.05, 0.1) is 10.7 Å². The minimum atomic E-state index is -0.359. The maximum Gasteiger partial charge on any atom is 0.334 e. The summed E-state index contributed by atoms with van der Waals surface area (Å²) in [6.07, 6.45) is 4.62. The Labute approximate surface area is 555 Å². The predicted molar refractivity (Wildman–Crippen MR) is 400 cm³/mol. The van der Waals surface area contributed by atoms with Crippen molar-refractivity contribution in [2.75, 3.05) is 14.6 Å². The largest absolute Gasteiger partial charge is 0.376 e. The van der Waals surface area contributed by atoms with Crippen molar-refractivity contribution in [1.82, 2.24) is 0 Å². The number of fused-ring (bicyclic) bond motifs is 12. The smallest absolute Gasteiger partial charge is 0.334 e. The number of nitrogens with zero attached hydrogens (tertiary/aromatic N) is 3. The Balaban J connectivity index is 1.12. The first-order chi connectivity index (χ1) is 43.2. The van der Waals surface area contributed by atoms with Crippen LogP contribution < -0.4 is 25.5 Å². The monoisotopic (exact) mass is 1220 g/mol. The average molecular weight is 1220 g/mol. The molecule has 5 heteroatoms. The van der Waals surface area contributed by atoms with E-state index >= 15 is 0 Å². The third-order valence-electron chi connectivity index (χ3n) is 22.8. The summed E-state index contributed by atoms with van der Waals surface area (Å²) >= 11 is 2.03. The summed E-state index contributed by atoms with van der Waals surface area (Å²) in [7, 11) is 0. The van der Waals surface area contributed by atoms with E-state index in [1.54, 1.807) is 0 Å². The van der Waals surface area contributed by atoms with E-state index in [-0.39, 0.29) is 50.2 Å². The molecule has 2 aliphatic heterocycles. The van der Waals surface area contributed by atoms with Gasteiger partial charge >= 0.3 is 6.85 Å². The van der Waals surface area contributed by atoms with Crippen molar-refractivity contribution in [1.29, 1.82) is 0 Å². The first-order valence-electron chi connectivity index (χ1n) is 34.3. The maximum atomic E-state index is 2.85. The molecule has 466 valence electrons. The SMILES string of the molecule is CC(C)(C)c1ccc(N(c2ccc(C(C)(C)C)cc2)c2ccc3c(c2)-c2cc4c(c5c2B(c2c(sc6cc7c(cc26)C(C)(C)CCC7(C)C)N5c2ccc(C(C)(C)C)cc2-c2ccccc2)N3c2ccc3c(c2)C(C)(C)CCC3(C)C)C(C)(C)c2ccccc2-4)cc1. The molecule has 1 aromatic heterocycles. The molecule has 0 saturated carbocycles. The summed E-state index contributed by atoms with van der Waals surface area (Å²) in [5, 5.41) is 2.69. The van der Waals surface area contributed by atoms with Gasteiger partial charge in [-0.3, -0.25) is 0 Å². The molecule has 0 N–H and O–H groups in total. The molecule has 0 saturated heterocycles. The van der Waals surface area contributed by atoms with Gasteiger partial charge in [-0.25, -0.2) is 0 Å². The lowest BCUT2D eigenvalue weighted by Crippen LogP contribution is -2.61. The van der Waals surface area contributed by atoms with Crippen LogP contribution in [0.2, 0.25) is 0 Å². The van der Waals surface area contributed by atoms with Crippen LogP contribution in [0.3, 0.4) is 0 Å². The van der Waals surface area contributed by atoms with Gasteiger partial charge in [0.15, 0.2) is 0 Å². The number of anilines is 8. The molecule has 3 aliphatic carbocycles. The van der Waals surface area contributed by atoms with Gasteiger partial charge in [0.25, 0.3) is 0 Å². The number of thiophene rings is 1. The summed E-state index contributed by atoms with van der Waals surface area (Å²) in [6.45, 7) is 45.8. The fourth-order valence-corrected chi connectivity index (χ4v) is 18.2. The average Bonchev–Trinajstić information content (AvgIpc) is 1.45. The highest BCUT2D eigenvalue weighted by molar-refractivity contribution is 7.26. The number of benzene rings is 9. The van der Waals surface area contributed by atoms with Gasteiger partial charge in [-0.2, -0.15) is 0 Å². The Morgan fingerprint density at radius 2 is 0.924 bits per heavy atom. The van der Waals surface area contributed by atoms with Gasteiger partial charge in [-0.15, -0.1) is 11.3 Å². The Morgan fingerprint density at radius 3 is 1.52 bits per heavy atom. The summed E-state index contributed by atoms with van der Waals surface area (Å²) in [6, 6.07) is 70.2. The standard InChI is InChI=1S/C87H94BN3S/c1-80(2,3)54-29-34-57(35-30-54)89(58-36-31-55(32-37-58)81(4,5)6)59-39-42-73-63(48-59)65-50-64-61-27-23-24-28-67(61)87(18,19)75(64)78-76(65)88(91(73)60-38-40-68-69(49-60)84(12,13)44-43-83(68,10)11)77-66-51-70-71(86(16,17)46-45-85(70,14)15)52-74(66)92-79(77)90(78)72-41-33-56(82(7,8)9)47-62(72)53-25-21-20-22-26-53/h20-42,47-52H,43-46H2,1-19H3. The lowest BCUT2D eigenvalue weighted by atomic mass is 9.43. The fraction of sp³-hybridized carbons (Fsp3) is 0.356. The van der Waals surface area contributed by atoms with Gasteiger partial charge in [0, 0.05) is 55.4 Å². The van der Waals surface area contributed by atoms with E-state index in [9.17, 15) is 0 Å². The zero-order valence-electron chi connectivity index (χ0n) is 58.4. The molecule has 0 amide bonds. The minimum Gasteiger partial charge on any atom is -0.376 e. The topological polar surface area (TPSA) is 9.72 Å². The molecule has 92 heavy (non-hydrogen) atoms. The van der Waals surface area contributed by atoms with Gasteiger partial charge in [0.2, 0.25) is 0 Å². The third-order valence-corrected chi connectivity index (χ3v) is 24.0. The van der Waals surface area contributed by atoms with Gasteiger partial charge in [-0.1, -0.05) is 223 Å². The fourth-order valence-electron chi connectivity index (χ4n) is 16.9. The van der Waals surface area contributed by atoms with Crippen LogP contribution in [0.15, 0.2) is 176 Å². The summed E-state index contributed by atoms with van der Waals surface area (Å²) < 4.78 is 1.37. The van der Waals surface area contributed by atoms with Crippen LogP contribution in [-0.4, -0.2) is 6.85 Å². The Hall–Kier alpha value is -7.60. The van der Waals surface area contributed by atoms with E-state index in [2.05, 4.69) is 322 Å². The van der Waals surface area contributed by atoms with Crippen LogP contribution in [0.5, 0.6) is 0 Å². The van der Waals surface area contributed by atoms with Crippen LogP contribution >= 0.6 is 11.3 Å². The Kier molecular flexibility index (Phi) is 13.3. The zero-order chi connectivity index (χ0) is 64.9. The lowest BCUT2D eigenvalue weighted by Gasteiger charge is -2.48. The van der Waals surface area contributed by atoms with Crippen molar-refractivity contribution in [3.63, 3.8) is 0 Å². The molecule has 0 bridgehead atoms. The van der Waals surface area contributed by atoms with Crippen molar-refractivity contribution >= 4 is 84.0 Å². The molecule has 0 radical (unpaired) electrons. The zero-order valence-corrected chi connectivity index (χ0v) is 59.2. The lowest BCUT2D eigenvalue weighted by molar-refractivity contribution is 0.332. The minimum absolute atomic E-state index is 0.00328. The maximum absolute atomic E-state index is 2.85. The van der Waals surface area contributed by atoms with Crippen LogP contribution in [-0.2, 0) is 43.3 Å². The second-order valence-electron chi connectivity index (χ2n) is 34.3. The second kappa shape index (κ2) is 20.2. The van der Waals surface area contributed by atoms with E-state index in [4.69, 9.17) is 0 Å². The molecule has 3 nitrogen and oxygen atoms in total. The molecule has 3 heterocycles. The molecule has 0 fully saturated rings. The van der Waals surface area contributed by atoms with Gasteiger partial charge < -0.3 is 14.6 Å². The molecule has 5 aliphatic rings. The normalized spacial score (nSPS) is 17.7. The number of hydrogen-bond donors (Lipinski definition) is 0. The molecule has 9 aromatic carbocycles. The third kappa shape index (κ3) is 9.29. The van der Waals surface area contributed by atoms with Gasteiger partial charge in [-0.05, 0) is 237 Å². The quantitative estimate of drug-likeness (QED) is 0.154. The van der Waals surface area contributed by atoms with Crippen molar-refractivity contribution in [2.24, 2.45) is 0 Å². The van der Waals surface area contributed by atoms with Crippen LogP contribution in [0, 0.1) is 0 Å². The molecule has 0 atom stereocenters. The van der Waals surface area contributed by atoms with Crippen LogP contribution in [0.4, 0.5) is 44.8 Å². The number of rotatable bonds is 6. The van der Waals surface area contributed by atoms with E-state index in [0.29, 0.717) is 0 Å². The van der Waals surface area contributed by atoms with E-state index in [1.165, 1.54) is 132 Å².